The largest absolute Gasteiger partial charge is 0.489 e. The van der Waals surface area contributed by atoms with Gasteiger partial charge in [0.1, 0.15) is 12.4 Å². The molecule has 4 rings (SSSR count). The monoisotopic (exact) mass is 393 g/mol. The number of pyridine rings is 1. The average Bonchev–Trinajstić information content (AvgIpc) is 2.75. The summed E-state index contributed by atoms with van der Waals surface area (Å²) in [6, 6.07) is 17.7. The maximum Gasteiger partial charge on any atom is 0.250 e. The van der Waals surface area contributed by atoms with Crippen molar-refractivity contribution in [1.82, 2.24) is 4.57 Å². The van der Waals surface area contributed by atoms with Crippen LogP contribution in [0.2, 0.25) is 0 Å². The van der Waals surface area contributed by atoms with E-state index in [1.54, 1.807) is 24.8 Å². The lowest BCUT2D eigenvalue weighted by Gasteiger charge is -2.39. The molecule has 0 N–H and O–H groups in total. The summed E-state index contributed by atoms with van der Waals surface area (Å²) in [6.07, 6.45) is 1.83. The SMILES string of the molecule is CO[C@]1(c2cccc(OCc3ccc4c(ccc(=O)n4C)c3)c2)CCO[C@@H](C)C1. The van der Waals surface area contributed by atoms with Crippen molar-refractivity contribution >= 4 is 10.9 Å². The molecule has 0 saturated carbocycles. The maximum atomic E-state index is 11.8. The molecule has 2 heterocycles. The summed E-state index contributed by atoms with van der Waals surface area (Å²) < 4.78 is 19.4. The molecule has 152 valence electrons. The van der Waals surface area contributed by atoms with Crippen molar-refractivity contribution < 1.29 is 14.2 Å². The van der Waals surface area contributed by atoms with E-state index >= 15 is 0 Å². The lowest BCUT2D eigenvalue weighted by molar-refractivity contribution is -0.122. The van der Waals surface area contributed by atoms with Crippen LogP contribution in [0.25, 0.3) is 10.9 Å². The van der Waals surface area contributed by atoms with Crippen LogP contribution in [0.3, 0.4) is 0 Å². The Morgan fingerprint density at radius 1 is 1.17 bits per heavy atom. The zero-order valence-corrected chi connectivity index (χ0v) is 17.2. The van der Waals surface area contributed by atoms with Gasteiger partial charge in [0, 0.05) is 33.1 Å². The fraction of sp³-hybridized carbons (Fsp3) is 0.375. The second-order valence-corrected chi connectivity index (χ2v) is 7.77. The van der Waals surface area contributed by atoms with E-state index in [2.05, 4.69) is 25.1 Å². The van der Waals surface area contributed by atoms with Crippen molar-refractivity contribution in [3.05, 3.63) is 76.1 Å². The Labute approximate surface area is 170 Å². The molecule has 1 saturated heterocycles. The lowest BCUT2D eigenvalue weighted by atomic mass is 9.83. The molecule has 0 spiro atoms. The molecule has 2 atom stereocenters. The van der Waals surface area contributed by atoms with Gasteiger partial charge in [-0.2, -0.15) is 0 Å². The van der Waals surface area contributed by atoms with E-state index in [1.807, 2.05) is 30.3 Å². The third-order valence-corrected chi connectivity index (χ3v) is 5.87. The van der Waals surface area contributed by atoms with Gasteiger partial charge >= 0.3 is 0 Å². The van der Waals surface area contributed by atoms with Gasteiger partial charge in [-0.25, -0.2) is 0 Å². The Hall–Kier alpha value is -2.63. The summed E-state index contributed by atoms with van der Waals surface area (Å²) in [5.41, 5.74) is 2.76. The van der Waals surface area contributed by atoms with Crippen LogP contribution in [-0.4, -0.2) is 24.4 Å². The molecule has 1 aliphatic rings. The van der Waals surface area contributed by atoms with Crippen molar-refractivity contribution in [3.63, 3.8) is 0 Å². The molecule has 0 bridgehead atoms. The van der Waals surface area contributed by atoms with Crippen LogP contribution in [0.15, 0.2) is 59.4 Å². The van der Waals surface area contributed by atoms with E-state index in [9.17, 15) is 4.79 Å². The minimum atomic E-state index is -0.329. The molecule has 2 aromatic carbocycles. The fourth-order valence-corrected chi connectivity index (χ4v) is 4.18. The molecule has 0 radical (unpaired) electrons. The Kier molecular flexibility index (Phi) is 5.43. The van der Waals surface area contributed by atoms with Crippen LogP contribution in [0.1, 0.15) is 30.9 Å². The van der Waals surface area contributed by atoms with Gasteiger partial charge in [0.25, 0.3) is 5.56 Å². The predicted molar refractivity (Wildman–Crippen MR) is 113 cm³/mol. The molecule has 0 amide bonds. The number of ether oxygens (including phenoxy) is 3. The molecule has 3 aromatic rings. The normalized spacial score (nSPS) is 22.0. The summed E-state index contributed by atoms with van der Waals surface area (Å²) >= 11 is 0. The van der Waals surface area contributed by atoms with Gasteiger partial charge < -0.3 is 18.8 Å². The Morgan fingerprint density at radius 3 is 2.83 bits per heavy atom. The number of methoxy groups -OCH3 is 1. The highest BCUT2D eigenvalue weighted by Gasteiger charge is 2.37. The van der Waals surface area contributed by atoms with Crippen molar-refractivity contribution in [3.8, 4) is 5.75 Å². The van der Waals surface area contributed by atoms with E-state index < -0.39 is 0 Å². The van der Waals surface area contributed by atoms with Crippen LogP contribution in [0.4, 0.5) is 0 Å². The van der Waals surface area contributed by atoms with Crippen molar-refractivity contribution in [1.29, 1.82) is 0 Å². The first-order chi connectivity index (χ1) is 14.0. The minimum absolute atomic E-state index is 0.00665. The molecule has 1 aromatic heterocycles. The standard InChI is InChI=1S/C24H27NO4/c1-17-15-24(27-3,11-12-28-17)20-5-4-6-21(14-20)29-16-18-7-9-22-19(13-18)8-10-23(26)25(22)2/h4-10,13-14,17H,11-12,15-16H2,1-3H3/t17-,24+/m0/s1. The van der Waals surface area contributed by atoms with Crippen molar-refractivity contribution in [2.45, 2.75) is 38.1 Å². The van der Waals surface area contributed by atoms with Crippen LogP contribution in [0, 0.1) is 0 Å². The minimum Gasteiger partial charge on any atom is -0.489 e. The number of fused-ring (bicyclic) bond motifs is 1. The predicted octanol–water partition coefficient (Wildman–Crippen LogP) is 4.16. The number of benzene rings is 2. The molecular formula is C24H27NO4. The first kappa shape index (κ1) is 19.7. The van der Waals surface area contributed by atoms with Crippen LogP contribution in [-0.2, 0) is 28.7 Å². The van der Waals surface area contributed by atoms with E-state index in [0.717, 1.165) is 40.6 Å². The smallest absolute Gasteiger partial charge is 0.250 e. The summed E-state index contributed by atoms with van der Waals surface area (Å²) in [5.74, 6) is 0.818. The highest BCUT2D eigenvalue weighted by Crippen LogP contribution is 2.39. The van der Waals surface area contributed by atoms with Crippen LogP contribution < -0.4 is 10.3 Å². The topological polar surface area (TPSA) is 49.7 Å². The van der Waals surface area contributed by atoms with E-state index in [-0.39, 0.29) is 17.3 Å². The number of aromatic nitrogens is 1. The average molecular weight is 393 g/mol. The first-order valence-corrected chi connectivity index (χ1v) is 9.99. The number of hydrogen-bond acceptors (Lipinski definition) is 4. The highest BCUT2D eigenvalue weighted by molar-refractivity contribution is 5.79. The number of hydrogen-bond donors (Lipinski definition) is 0. The van der Waals surface area contributed by atoms with Gasteiger partial charge in [-0.1, -0.05) is 18.2 Å². The Bertz CT molecular complexity index is 1070. The number of rotatable bonds is 5. The zero-order chi connectivity index (χ0) is 20.4. The second kappa shape index (κ2) is 8.01. The molecule has 5 nitrogen and oxygen atoms in total. The van der Waals surface area contributed by atoms with E-state index in [0.29, 0.717) is 13.2 Å². The van der Waals surface area contributed by atoms with Gasteiger partial charge in [-0.3, -0.25) is 4.79 Å². The fourth-order valence-electron chi connectivity index (χ4n) is 4.18. The molecule has 29 heavy (non-hydrogen) atoms. The van der Waals surface area contributed by atoms with Crippen LogP contribution in [0.5, 0.6) is 5.75 Å². The molecule has 0 aliphatic carbocycles. The van der Waals surface area contributed by atoms with E-state index in [1.165, 1.54) is 0 Å². The van der Waals surface area contributed by atoms with Gasteiger partial charge in [0.05, 0.1) is 23.8 Å². The lowest BCUT2D eigenvalue weighted by Crippen LogP contribution is -2.39. The quantitative estimate of drug-likeness (QED) is 0.653. The molecule has 1 aliphatic heterocycles. The second-order valence-electron chi connectivity index (χ2n) is 7.77. The molecule has 5 heteroatoms. The van der Waals surface area contributed by atoms with Gasteiger partial charge in [0.2, 0.25) is 0 Å². The number of aryl methyl sites for hydroxylation is 1. The van der Waals surface area contributed by atoms with Crippen LogP contribution >= 0.6 is 0 Å². The Morgan fingerprint density at radius 2 is 2.03 bits per heavy atom. The van der Waals surface area contributed by atoms with E-state index in [4.69, 9.17) is 14.2 Å². The zero-order valence-electron chi connectivity index (χ0n) is 17.2. The third-order valence-electron chi connectivity index (χ3n) is 5.87. The van der Waals surface area contributed by atoms with Crippen molar-refractivity contribution in [2.24, 2.45) is 7.05 Å². The van der Waals surface area contributed by atoms with Gasteiger partial charge in [-0.05, 0) is 53.8 Å². The van der Waals surface area contributed by atoms with Crippen molar-refractivity contribution in [2.75, 3.05) is 13.7 Å². The third kappa shape index (κ3) is 3.93. The first-order valence-electron chi connectivity index (χ1n) is 9.99. The maximum absolute atomic E-state index is 11.8. The van der Waals surface area contributed by atoms with Gasteiger partial charge in [-0.15, -0.1) is 0 Å². The highest BCUT2D eigenvalue weighted by atomic mass is 16.5. The summed E-state index contributed by atoms with van der Waals surface area (Å²) in [6.45, 7) is 3.24. The van der Waals surface area contributed by atoms with Gasteiger partial charge in [0.15, 0.2) is 0 Å². The molecule has 0 unspecified atom stereocenters. The summed E-state index contributed by atoms with van der Waals surface area (Å²) in [5, 5.41) is 1.02. The number of nitrogens with zero attached hydrogens (tertiary/aromatic N) is 1. The summed E-state index contributed by atoms with van der Waals surface area (Å²) in [7, 11) is 3.56. The molecule has 1 fully saturated rings. The molecular weight excluding hydrogens is 366 g/mol. The Balaban J connectivity index is 1.53. The summed E-state index contributed by atoms with van der Waals surface area (Å²) in [4.78, 5) is 11.8.